The Kier molecular flexibility index (Phi) is 5.35. The monoisotopic (exact) mass is 210 g/mol. The smallest absolute Gasteiger partial charge is 0.138 e. The number of carbonyl (C=O) groups excluding carboxylic acids is 1. The van der Waals surface area contributed by atoms with E-state index in [2.05, 4.69) is 13.8 Å². The van der Waals surface area contributed by atoms with Gasteiger partial charge >= 0.3 is 0 Å². The molecule has 0 aliphatic heterocycles. The van der Waals surface area contributed by atoms with Crippen LogP contribution in [0.3, 0.4) is 0 Å². The molecule has 0 aromatic heterocycles. The van der Waals surface area contributed by atoms with E-state index < -0.39 is 0 Å². The Labute approximate surface area is 94.6 Å². The Hall–Kier alpha value is -0.330. The molecule has 1 fully saturated rings. The fourth-order valence-corrected chi connectivity index (χ4v) is 2.67. The molecule has 0 bridgehead atoms. The van der Waals surface area contributed by atoms with Crippen molar-refractivity contribution >= 4 is 5.78 Å². The van der Waals surface area contributed by atoms with Crippen molar-refractivity contribution in [2.75, 3.05) is 0 Å². The summed E-state index contributed by atoms with van der Waals surface area (Å²) in [6.07, 6.45) is 12.0. The Morgan fingerprint density at radius 3 is 1.93 bits per heavy atom. The summed E-state index contributed by atoms with van der Waals surface area (Å²) < 4.78 is 0. The van der Waals surface area contributed by atoms with Crippen LogP contribution >= 0.6 is 0 Å². The van der Waals surface area contributed by atoms with Crippen LogP contribution in [0.4, 0.5) is 0 Å². The predicted molar refractivity (Wildman–Crippen MR) is 65.0 cm³/mol. The van der Waals surface area contributed by atoms with Crippen molar-refractivity contribution in [2.45, 2.75) is 78.1 Å². The SMILES string of the molecule is CCCC(=O)C1(C)CCCCCCCC1. The first-order chi connectivity index (χ1) is 7.19. The van der Waals surface area contributed by atoms with Crippen LogP contribution in [0.1, 0.15) is 78.1 Å². The van der Waals surface area contributed by atoms with Gasteiger partial charge in [-0.05, 0) is 19.3 Å². The molecule has 0 aromatic rings. The molecule has 0 amide bonds. The maximum atomic E-state index is 12.1. The first-order valence-electron chi connectivity index (χ1n) is 6.72. The molecule has 1 rings (SSSR count). The summed E-state index contributed by atoms with van der Waals surface area (Å²) >= 11 is 0. The van der Waals surface area contributed by atoms with E-state index in [-0.39, 0.29) is 5.41 Å². The van der Waals surface area contributed by atoms with Gasteiger partial charge in [-0.1, -0.05) is 52.4 Å². The van der Waals surface area contributed by atoms with Crippen molar-refractivity contribution in [1.82, 2.24) is 0 Å². The second-order valence-electron chi connectivity index (χ2n) is 5.36. The van der Waals surface area contributed by atoms with E-state index in [1.54, 1.807) is 0 Å². The fraction of sp³-hybridized carbons (Fsp3) is 0.929. The zero-order chi connectivity index (χ0) is 11.1. The summed E-state index contributed by atoms with van der Waals surface area (Å²) in [6, 6.07) is 0. The van der Waals surface area contributed by atoms with Gasteiger partial charge in [0.1, 0.15) is 5.78 Å². The van der Waals surface area contributed by atoms with Crippen molar-refractivity contribution < 1.29 is 4.79 Å². The van der Waals surface area contributed by atoms with E-state index in [4.69, 9.17) is 0 Å². The molecule has 1 heteroatoms. The van der Waals surface area contributed by atoms with Crippen molar-refractivity contribution in [3.63, 3.8) is 0 Å². The molecule has 0 heterocycles. The lowest BCUT2D eigenvalue weighted by Gasteiger charge is -2.27. The Morgan fingerprint density at radius 2 is 1.47 bits per heavy atom. The molecular weight excluding hydrogens is 184 g/mol. The first-order valence-corrected chi connectivity index (χ1v) is 6.72. The summed E-state index contributed by atoms with van der Waals surface area (Å²) in [5, 5.41) is 0. The third-order valence-electron chi connectivity index (χ3n) is 3.86. The topological polar surface area (TPSA) is 17.1 Å². The van der Waals surface area contributed by atoms with Gasteiger partial charge < -0.3 is 0 Å². The lowest BCUT2D eigenvalue weighted by molar-refractivity contribution is -0.128. The highest BCUT2D eigenvalue weighted by molar-refractivity contribution is 5.84. The Morgan fingerprint density at radius 1 is 1.00 bits per heavy atom. The van der Waals surface area contributed by atoms with Gasteiger partial charge in [0.25, 0.3) is 0 Å². The number of ketones is 1. The van der Waals surface area contributed by atoms with Crippen LogP contribution in [-0.2, 0) is 4.79 Å². The third-order valence-corrected chi connectivity index (χ3v) is 3.86. The minimum atomic E-state index is 0.0142. The van der Waals surface area contributed by atoms with Gasteiger partial charge in [-0.2, -0.15) is 0 Å². The number of hydrogen-bond acceptors (Lipinski definition) is 1. The molecule has 0 unspecified atom stereocenters. The molecule has 0 saturated heterocycles. The predicted octanol–water partition coefficient (Wildman–Crippen LogP) is 4.50. The van der Waals surface area contributed by atoms with Crippen molar-refractivity contribution in [1.29, 1.82) is 0 Å². The number of Topliss-reactive ketones (excluding diaryl/α,β-unsaturated/α-hetero) is 1. The second kappa shape index (κ2) is 6.30. The summed E-state index contributed by atoms with van der Waals surface area (Å²) in [5.41, 5.74) is 0.0142. The van der Waals surface area contributed by atoms with Crippen molar-refractivity contribution in [3.8, 4) is 0 Å². The minimum absolute atomic E-state index is 0.0142. The summed E-state index contributed by atoms with van der Waals surface area (Å²) in [5.74, 6) is 0.520. The summed E-state index contributed by atoms with van der Waals surface area (Å²) in [6.45, 7) is 4.31. The lowest BCUT2D eigenvalue weighted by Crippen LogP contribution is -2.27. The zero-order valence-corrected chi connectivity index (χ0v) is 10.5. The van der Waals surface area contributed by atoms with E-state index in [1.807, 2.05) is 0 Å². The molecule has 0 radical (unpaired) electrons. The minimum Gasteiger partial charge on any atom is -0.299 e. The van der Waals surface area contributed by atoms with Crippen LogP contribution in [0.15, 0.2) is 0 Å². The second-order valence-corrected chi connectivity index (χ2v) is 5.36. The average molecular weight is 210 g/mol. The summed E-state index contributed by atoms with van der Waals surface area (Å²) in [7, 11) is 0. The van der Waals surface area contributed by atoms with Gasteiger partial charge in [-0.25, -0.2) is 0 Å². The molecule has 0 spiro atoms. The van der Waals surface area contributed by atoms with E-state index in [0.29, 0.717) is 5.78 Å². The third kappa shape index (κ3) is 3.96. The quantitative estimate of drug-likeness (QED) is 0.670. The van der Waals surface area contributed by atoms with Gasteiger partial charge in [0.2, 0.25) is 0 Å². The average Bonchev–Trinajstić information content (AvgIpc) is 2.31. The molecule has 1 saturated carbocycles. The maximum Gasteiger partial charge on any atom is 0.138 e. The van der Waals surface area contributed by atoms with E-state index in [1.165, 1.54) is 38.5 Å². The van der Waals surface area contributed by atoms with E-state index in [0.717, 1.165) is 25.7 Å². The molecule has 0 N–H and O–H groups in total. The van der Waals surface area contributed by atoms with Crippen LogP contribution in [0, 0.1) is 5.41 Å². The van der Waals surface area contributed by atoms with Gasteiger partial charge in [0.15, 0.2) is 0 Å². The van der Waals surface area contributed by atoms with E-state index in [9.17, 15) is 4.79 Å². The van der Waals surface area contributed by atoms with Crippen LogP contribution in [0.25, 0.3) is 0 Å². The normalized spacial score (nSPS) is 22.5. The van der Waals surface area contributed by atoms with Crippen LogP contribution in [0.5, 0.6) is 0 Å². The highest BCUT2D eigenvalue weighted by Gasteiger charge is 2.31. The Bertz CT molecular complexity index is 186. The largest absolute Gasteiger partial charge is 0.299 e. The van der Waals surface area contributed by atoms with Crippen molar-refractivity contribution in [2.24, 2.45) is 5.41 Å². The molecule has 0 aromatic carbocycles. The van der Waals surface area contributed by atoms with Crippen molar-refractivity contribution in [3.05, 3.63) is 0 Å². The van der Waals surface area contributed by atoms with Crippen LogP contribution in [0.2, 0.25) is 0 Å². The molecule has 88 valence electrons. The van der Waals surface area contributed by atoms with Gasteiger partial charge in [0, 0.05) is 11.8 Å². The van der Waals surface area contributed by atoms with E-state index >= 15 is 0 Å². The van der Waals surface area contributed by atoms with Crippen LogP contribution in [-0.4, -0.2) is 5.78 Å². The molecular formula is C14H26O. The number of hydrogen-bond donors (Lipinski definition) is 0. The molecule has 0 atom stereocenters. The molecule has 1 nitrogen and oxygen atoms in total. The van der Waals surface area contributed by atoms with Gasteiger partial charge in [0.05, 0.1) is 0 Å². The summed E-state index contributed by atoms with van der Waals surface area (Å²) in [4.78, 5) is 12.1. The highest BCUT2D eigenvalue weighted by atomic mass is 16.1. The van der Waals surface area contributed by atoms with Crippen LogP contribution < -0.4 is 0 Å². The fourth-order valence-electron chi connectivity index (χ4n) is 2.67. The molecule has 1 aliphatic rings. The number of rotatable bonds is 3. The van der Waals surface area contributed by atoms with Gasteiger partial charge in [-0.3, -0.25) is 4.79 Å². The molecule has 1 aliphatic carbocycles. The highest BCUT2D eigenvalue weighted by Crippen LogP contribution is 2.35. The standard InChI is InChI=1S/C14H26O/c1-3-10-13(15)14(2)11-8-6-4-5-7-9-12-14/h3-12H2,1-2H3. The lowest BCUT2D eigenvalue weighted by atomic mass is 9.75. The Balaban J connectivity index is 2.55. The maximum absolute atomic E-state index is 12.1. The first kappa shape index (κ1) is 12.7. The van der Waals surface area contributed by atoms with Gasteiger partial charge in [-0.15, -0.1) is 0 Å². The number of carbonyl (C=O) groups is 1. The molecule has 15 heavy (non-hydrogen) atoms. The zero-order valence-electron chi connectivity index (χ0n) is 10.5.